The molecule has 3 aromatic heterocycles. The highest BCUT2D eigenvalue weighted by molar-refractivity contribution is 6.08. The lowest BCUT2D eigenvalue weighted by atomic mass is 10.1. The summed E-state index contributed by atoms with van der Waals surface area (Å²) in [6.45, 7) is 3.31. The summed E-state index contributed by atoms with van der Waals surface area (Å²) in [4.78, 5) is 28.7. The molecular weight excluding hydrogens is 503 g/mol. The smallest absolute Gasteiger partial charge is 0.354 e. The van der Waals surface area contributed by atoms with Crippen LogP contribution in [0.25, 0.3) is 5.65 Å². The molecule has 2 aliphatic rings. The second-order valence-corrected chi connectivity index (χ2v) is 8.89. The van der Waals surface area contributed by atoms with Gasteiger partial charge in [0.2, 0.25) is 0 Å². The monoisotopic (exact) mass is 528 g/mol. The number of aryl methyl sites for hydroxylation is 1. The van der Waals surface area contributed by atoms with E-state index in [9.17, 15) is 26.7 Å². The average Bonchev–Trinajstić information content (AvgIpc) is 3.50. The number of hydrogen-bond acceptors (Lipinski definition) is 7. The molecule has 2 atom stereocenters. The number of amides is 1. The van der Waals surface area contributed by atoms with Crippen LogP contribution in [0.5, 0.6) is 0 Å². The molecule has 37 heavy (non-hydrogen) atoms. The van der Waals surface area contributed by atoms with E-state index in [4.69, 9.17) is 4.79 Å². The molecule has 4 heterocycles. The lowest BCUT2D eigenvalue weighted by molar-refractivity contribution is -0.140. The van der Waals surface area contributed by atoms with Crippen molar-refractivity contribution in [3.8, 4) is 0 Å². The molecule has 1 amide bonds. The zero-order valence-corrected chi connectivity index (χ0v) is 20.0. The first-order valence-electron chi connectivity index (χ1n) is 11.5. The fraction of sp³-hybridized carbons (Fsp3) is 0.500. The number of aromatic nitrogens is 5. The van der Waals surface area contributed by atoms with Crippen molar-refractivity contribution in [2.24, 2.45) is 13.0 Å². The van der Waals surface area contributed by atoms with Crippen molar-refractivity contribution < 1.29 is 31.5 Å². The highest BCUT2D eigenvalue weighted by Gasteiger charge is 2.38. The van der Waals surface area contributed by atoms with Gasteiger partial charge in [0.05, 0.1) is 11.9 Å². The van der Waals surface area contributed by atoms with Crippen LogP contribution >= 0.6 is 0 Å². The predicted molar refractivity (Wildman–Crippen MR) is 123 cm³/mol. The topological polar surface area (TPSA) is 109 Å². The number of fused-ring (bicyclic) bond motifs is 1. The summed E-state index contributed by atoms with van der Waals surface area (Å²) in [5.74, 6) is 0.686. The maximum absolute atomic E-state index is 13.2. The highest BCUT2D eigenvalue weighted by Crippen LogP contribution is 2.35. The molecule has 1 aliphatic heterocycles. The van der Waals surface area contributed by atoms with Crippen LogP contribution in [-0.2, 0) is 18.0 Å². The third kappa shape index (κ3) is 6.21. The van der Waals surface area contributed by atoms with E-state index in [1.807, 2.05) is 6.07 Å². The second kappa shape index (κ2) is 10.4. The third-order valence-corrected chi connectivity index (χ3v) is 5.98. The fourth-order valence-electron chi connectivity index (χ4n) is 3.98. The number of rotatable bonds is 5. The van der Waals surface area contributed by atoms with Crippen LogP contribution in [0.15, 0.2) is 24.7 Å². The Labute approximate surface area is 207 Å². The van der Waals surface area contributed by atoms with Crippen molar-refractivity contribution in [2.45, 2.75) is 38.2 Å². The van der Waals surface area contributed by atoms with Gasteiger partial charge in [0.25, 0.3) is 5.91 Å². The number of hydrogen-bond donors (Lipinski definition) is 2. The van der Waals surface area contributed by atoms with Gasteiger partial charge in [-0.05, 0) is 31.7 Å². The summed E-state index contributed by atoms with van der Waals surface area (Å²) in [5, 5.41) is 13.4. The molecule has 0 bridgehead atoms. The lowest BCUT2D eigenvalue weighted by Crippen LogP contribution is -2.52. The van der Waals surface area contributed by atoms with Crippen molar-refractivity contribution >= 4 is 29.1 Å². The van der Waals surface area contributed by atoms with Gasteiger partial charge < -0.3 is 15.5 Å². The van der Waals surface area contributed by atoms with E-state index in [1.165, 1.54) is 30.6 Å². The maximum Gasteiger partial charge on any atom is 0.437 e. The van der Waals surface area contributed by atoms with Crippen LogP contribution in [0.1, 0.15) is 35.8 Å². The number of anilines is 2. The van der Waals surface area contributed by atoms with E-state index in [-0.39, 0.29) is 11.2 Å². The van der Waals surface area contributed by atoms with Crippen molar-refractivity contribution in [3.05, 3.63) is 35.9 Å². The molecule has 0 spiro atoms. The molecule has 1 aliphatic carbocycles. The molecule has 2 fully saturated rings. The first kappa shape index (κ1) is 26.4. The maximum atomic E-state index is 13.2. The molecule has 15 heteroatoms. The van der Waals surface area contributed by atoms with Gasteiger partial charge in [-0.1, -0.05) is 0 Å². The number of carbonyl (C=O) groups excluding carboxylic acids is 2. The van der Waals surface area contributed by atoms with Gasteiger partial charge in [0.1, 0.15) is 11.4 Å². The van der Waals surface area contributed by atoms with Crippen LogP contribution in [0, 0.1) is 5.92 Å². The minimum atomic E-state index is -4.68. The van der Waals surface area contributed by atoms with Gasteiger partial charge in [-0.2, -0.15) is 27.8 Å². The van der Waals surface area contributed by atoms with E-state index in [0.717, 1.165) is 37.4 Å². The zero-order valence-electron chi connectivity index (χ0n) is 20.0. The molecule has 0 radical (unpaired) electrons. The first-order chi connectivity index (χ1) is 17.4. The number of nitrogens with zero attached hydrogens (tertiary/aromatic N) is 6. The van der Waals surface area contributed by atoms with Gasteiger partial charge in [-0.15, -0.1) is 0 Å². The normalized spacial score (nSPS) is 18.8. The van der Waals surface area contributed by atoms with Crippen LogP contribution in [0.3, 0.4) is 0 Å². The molecule has 2 N–H and O–H groups in total. The Morgan fingerprint density at radius 3 is 2.59 bits per heavy atom. The molecule has 2 unspecified atom stereocenters. The average molecular weight is 528 g/mol. The van der Waals surface area contributed by atoms with Gasteiger partial charge in [0, 0.05) is 45.1 Å². The number of nitrogens with one attached hydrogen (secondary N) is 2. The Morgan fingerprint density at radius 1 is 1.27 bits per heavy atom. The van der Waals surface area contributed by atoms with Gasteiger partial charge >= 0.3 is 12.2 Å². The van der Waals surface area contributed by atoms with E-state index in [0.29, 0.717) is 17.8 Å². The van der Waals surface area contributed by atoms with Crippen LogP contribution in [-0.4, -0.2) is 68.2 Å². The standard InChI is InChI=1S/C19H21F3N8O.C3H4F2O/c1-28-9-14(16(27-28)19(20,21)22)25-18(31)12-8-24-30-6-4-15(26-17(12)30)29-7-5-23-13(10-29)11-2-3-11;1-2(4)3(5)6/h4,6,8-9,11,13,23H,2-3,5,7,10H2,1H3,(H,25,31);2H,1H3. The van der Waals surface area contributed by atoms with Crippen LogP contribution in [0.2, 0.25) is 0 Å². The number of halogens is 5. The van der Waals surface area contributed by atoms with Crippen LogP contribution < -0.4 is 15.5 Å². The molecule has 3 aromatic rings. The largest absolute Gasteiger partial charge is 0.437 e. The van der Waals surface area contributed by atoms with E-state index in [1.54, 1.807) is 6.20 Å². The predicted octanol–water partition coefficient (Wildman–Crippen LogP) is 2.76. The molecule has 200 valence electrons. The van der Waals surface area contributed by atoms with Gasteiger partial charge in [-0.25, -0.2) is 13.9 Å². The number of piperazine rings is 1. The molecule has 10 nitrogen and oxygen atoms in total. The summed E-state index contributed by atoms with van der Waals surface area (Å²) >= 11 is 0. The van der Waals surface area contributed by atoms with Crippen molar-refractivity contribution in [1.82, 2.24) is 29.7 Å². The summed E-state index contributed by atoms with van der Waals surface area (Å²) in [5.41, 5.74) is -1.19. The molecular formula is C22H25F5N8O2. The summed E-state index contributed by atoms with van der Waals surface area (Å²) in [6.07, 6.45) is -0.0481. The minimum absolute atomic E-state index is 0.0905. The van der Waals surface area contributed by atoms with E-state index >= 15 is 0 Å². The first-order valence-corrected chi connectivity index (χ1v) is 11.5. The second-order valence-electron chi connectivity index (χ2n) is 8.89. The molecule has 0 aromatic carbocycles. The Hall–Kier alpha value is -3.62. The third-order valence-electron chi connectivity index (χ3n) is 5.98. The van der Waals surface area contributed by atoms with Crippen molar-refractivity contribution in [2.75, 3.05) is 29.9 Å². The van der Waals surface area contributed by atoms with E-state index in [2.05, 4.69) is 30.7 Å². The van der Waals surface area contributed by atoms with Gasteiger partial charge in [-0.3, -0.25) is 14.3 Å². The summed E-state index contributed by atoms with van der Waals surface area (Å²) < 4.78 is 63.9. The van der Waals surface area contributed by atoms with Crippen molar-refractivity contribution in [3.63, 3.8) is 0 Å². The molecule has 5 rings (SSSR count). The van der Waals surface area contributed by atoms with Crippen LogP contribution in [0.4, 0.5) is 33.5 Å². The molecule has 1 saturated heterocycles. The molecule has 1 saturated carbocycles. The minimum Gasteiger partial charge on any atom is -0.354 e. The fourth-order valence-corrected chi connectivity index (χ4v) is 3.98. The Morgan fingerprint density at radius 2 is 1.97 bits per heavy atom. The quantitative estimate of drug-likeness (QED) is 0.387. The van der Waals surface area contributed by atoms with Gasteiger partial charge in [0.15, 0.2) is 17.5 Å². The number of alkyl halides is 4. The summed E-state index contributed by atoms with van der Waals surface area (Å²) in [6, 6.07) is 0.348. The Bertz CT molecular complexity index is 1280. The van der Waals surface area contributed by atoms with E-state index < -0.39 is 35.7 Å². The Kier molecular flexibility index (Phi) is 7.43. The van der Waals surface area contributed by atoms with Crippen molar-refractivity contribution in [1.29, 1.82) is 0 Å². The number of carbonyl (C=O) groups is 2. The SMILES string of the molecule is CC(F)C(=O)F.Cn1cc(NC(=O)c2cnn3ccc(N4CCNC(C5CC5)C4)nc23)c(C(F)(F)F)n1. The zero-order chi connectivity index (χ0) is 26.9. The Balaban J connectivity index is 0.000000480. The lowest BCUT2D eigenvalue weighted by Gasteiger charge is -2.34. The summed E-state index contributed by atoms with van der Waals surface area (Å²) in [7, 11) is 1.36. The highest BCUT2D eigenvalue weighted by atomic mass is 19.4.